The van der Waals surface area contributed by atoms with Crippen molar-refractivity contribution >= 4 is 29.3 Å². The van der Waals surface area contributed by atoms with Gasteiger partial charge in [-0.2, -0.15) is 0 Å². The molecule has 0 aliphatic carbocycles. The quantitative estimate of drug-likeness (QED) is 0.398. The normalized spacial score (nSPS) is 11.7. The summed E-state index contributed by atoms with van der Waals surface area (Å²) in [4.78, 5) is 35.5. The third kappa shape index (κ3) is 4.66. The summed E-state index contributed by atoms with van der Waals surface area (Å²) in [5.74, 6) is -0.731. The van der Waals surface area contributed by atoms with E-state index in [4.69, 9.17) is 14.4 Å². The first-order valence-corrected chi connectivity index (χ1v) is 9.36. The molecule has 0 spiro atoms. The van der Waals surface area contributed by atoms with Gasteiger partial charge < -0.3 is 15.2 Å². The van der Waals surface area contributed by atoms with Crippen LogP contribution in [0.15, 0.2) is 62.9 Å². The molecule has 0 aliphatic heterocycles. The molecule has 1 aromatic heterocycles. The number of ether oxygens (including phenoxy) is 1. The molecule has 1 atom stereocenters. The van der Waals surface area contributed by atoms with Crippen LogP contribution in [0.1, 0.15) is 17.3 Å². The number of carbonyl (C=O) groups excluding carboxylic acids is 1. The van der Waals surface area contributed by atoms with Crippen LogP contribution in [0.25, 0.3) is 5.69 Å². The van der Waals surface area contributed by atoms with Crippen molar-refractivity contribution in [2.45, 2.75) is 17.2 Å². The highest BCUT2D eigenvalue weighted by atomic mass is 32.2. The molecule has 2 aromatic carbocycles. The van der Waals surface area contributed by atoms with E-state index in [1.165, 1.54) is 28.9 Å². The second-order valence-corrected chi connectivity index (χ2v) is 7.28. The average Bonchev–Trinajstić information content (AvgIpc) is 3.08. The van der Waals surface area contributed by atoms with Gasteiger partial charge in [-0.15, -0.1) is 0 Å². The number of hydrogen-bond donors (Lipinski definition) is 3. The summed E-state index contributed by atoms with van der Waals surface area (Å²) in [6.45, 7) is 1.65. The highest BCUT2D eigenvalue weighted by Gasteiger charge is 2.29. The van der Waals surface area contributed by atoms with Crippen LogP contribution in [0.3, 0.4) is 0 Å². The van der Waals surface area contributed by atoms with Gasteiger partial charge in [0.05, 0.1) is 17.9 Å². The lowest BCUT2D eigenvalue weighted by Crippen LogP contribution is -2.37. The lowest BCUT2D eigenvalue weighted by atomic mass is 10.2. The fourth-order valence-electron chi connectivity index (χ4n) is 2.43. The van der Waals surface area contributed by atoms with Crippen molar-refractivity contribution < 1.29 is 28.6 Å². The second kappa shape index (κ2) is 8.65. The molecule has 9 nitrogen and oxygen atoms in total. The fourth-order valence-corrected chi connectivity index (χ4v) is 3.31. The highest BCUT2D eigenvalue weighted by Crippen LogP contribution is 2.20. The number of carboxylic acids is 1. The second-order valence-electron chi connectivity index (χ2n) is 5.95. The average molecular weight is 416 g/mol. The van der Waals surface area contributed by atoms with Crippen LogP contribution in [-0.2, 0) is 4.79 Å². The summed E-state index contributed by atoms with van der Waals surface area (Å²) in [5.41, 5.74) is 0.611. The lowest BCUT2D eigenvalue weighted by molar-refractivity contribution is -0.704. The van der Waals surface area contributed by atoms with Crippen molar-refractivity contribution in [1.82, 2.24) is 5.27 Å². The third-order valence-electron chi connectivity index (χ3n) is 3.99. The van der Waals surface area contributed by atoms with Crippen LogP contribution >= 0.6 is 11.8 Å². The van der Waals surface area contributed by atoms with Gasteiger partial charge in [-0.1, -0.05) is 0 Å². The Morgan fingerprint density at radius 3 is 2.41 bits per heavy atom. The zero-order chi connectivity index (χ0) is 21.0. The number of nitrogens with one attached hydrogen (secondary N) is 2. The minimum absolute atomic E-state index is 0.121. The van der Waals surface area contributed by atoms with Gasteiger partial charge in [0.15, 0.2) is 0 Å². The van der Waals surface area contributed by atoms with Crippen molar-refractivity contribution in [2.75, 3.05) is 12.4 Å². The van der Waals surface area contributed by atoms with Gasteiger partial charge in [-0.3, -0.25) is 9.32 Å². The largest absolute Gasteiger partial charge is 0.497 e. The Morgan fingerprint density at radius 2 is 1.83 bits per heavy atom. The molecule has 1 heterocycles. The molecule has 1 unspecified atom stereocenters. The van der Waals surface area contributed by atoms with E-state index in [1.807, 2.05) is 0 Å². The summed E-state index contributed by atoms with van der Waals surface area (Å²) in [7, 11) is 1.55. The number of methoxy groups -OCH3 is 1. The summed E-state index contributed by atoms with van der Waals surface area (Å²) in [5, 5.41) is 13.7. The number of aromatic amines is 1. The number of thioether (sulfide) groups is 1. The van der Waals surface area contributed by atoms with E-state index in [0.717, 1.165) is 11.8 Å². The highest BCUT2D eigenvalue weighted by molar-refractivity contribution is 8.00. The molecule has 0 bridgehead atoms. The molecule has 0 fully saturated rings. The molecule has 29 heavy (non-hydrogen) atoms. The molecule has 3 N–H and O–H groups in total. The molecule has 0 radical (unpaired) electrons. The Bertz CT molecular complexity index is 1070. The van der Waals surface area contributed by atoms with Gasteiger partial charge in [-0.25, -0.2) is 9.59 Å². The molecule has 3 aromatic rings. The zero-order valence-electron chi connectivity index (χ0n) is 15.5. The lowest BCUT2D eigenvalue weighted by Gasteiger charge is -2.09. The monoisotopic (exact) mass is 416 g/mol. The first-order valence-electron chi connectivity index (χ1n) is 8.48. The minimum Gasteiger partial charge on any atom is -0.497 e. The molecule has 0 saturated carbocycles. The summed E-state index contributed by atoms with van der Waals surface area (Å²) in [6, 6.07) is 12.7. The van der Waals surface area contributed by atoms with Crippen LogP contribution in [-0.4, -0.2) is 34.6 Å². The van der Waals surface area contributed by atoms with E-state index in [9.17, 15) is 14.4 Å². The molecular formula is C19H18N3O6S+. The number of aromatic nitrogens is 2. The van der Waals surface area contributed by atoms with Crippen molar-refractivity contribution in [3.63, 3.8) is 0 Å². The van der Waals surface area contributed by atoms with Crippen LogP contribution in [0.5, 0.6) is 5.75 Å². The Kier molecular flexibility index (Phi) is 6.03. The standard InChI is InChI=1S/C19H17N3O6S/c1-11(16(23)20-13-5-3-12(4-6-13)18(24)25)29-17-19(26)28-21-22(17)14-7-9-15(27-2)10-8-14/h3-11H,1-2H3,(H2-,20,21,23,24,25,26)/p+1. The van der Waals surface area contributed by atoms with Crippen LogP contribution in [0.2, 0.25) is 0 Å². The van der Waals surface area contributed by atoms with Gasteiger partial charge in [0.2, 0.25) is 11.6 Å². The first kappa shape index (κ1) is 20.2. The number of anilines is 1. The number of nitrogens with zero attached hydrogens (tertiary/aromatic N) is 1. The van der Waals surface area contributed by atoms with Crippen molar-refractivity contribution in [1.29, 1.82) is 0 Å². The SMILES string of the molecule is COc1ccc(-[n+]2[nH]oc(=O)c2SC(C)C(=O)Nc2ccc(C(=O)O)cc2)cc1. The number of H-pyrrole nitrogens is 1. The van der Waals surface area contributed by atoms with E-state index >= 15 is 0 Å². The van der Waals surface area contributed by atoms with E-state index in [0.29, 0.717) is 17.1 Å². The fraction of sp³-hybridized carbons (Fsp3) is 0.158. The Hall–Kier alpha value is -3.53. The molecule has 10 heteroatoms. The molecule has 3 rings (SSSR count). The maximum atomic E-state index is 12.5. The van der Waals surface area contributed by atoms with E-state index in [-0.39, 0.29) is 16.5 Å². The van der Waals surface area contributed by atoms with E-state index < -0.39 is 16.8 Å². The van der Waals surface area contributed by atoms with E-state index in [1.54, 1.807) is 38.3 Å². The van der Waals surface area contributed by atoms with E-state index in [2.05, 4.69) is 10.6 Å². The Balaban J connectivity index is 1.73. The zero-order valence-corrected chi connectivity index (χ0v) is 16.4. The number of carbonyl (C=O) groups is 2. The molecule has 0 aliphatic rings. The number of aromatic carboxylic acids is 1. The van der Waals surface area contributed by atoms with Gasteiger partial charge in [0, 0.05) is 17.8 Å². The Labute approximate surface area is 169 Å². The smallest absolute Gasteiger partial charge is 0.442 e. The summed E-state index contributed by atoms with van der Waals surface area (Å²) >= 11 is 1.03. The first-order chi connectivity index (χ1) is 13.9. The summed E-state index contributed by atoms with van der Waals surface area (Å²) < 4.78 is 11.4. The summed E-state index contributed by atoms with van der Waals surface area (Å²) in [6.07, 6.45) is 0. The number of rotatable bonds is 7. The number of carboxylic acid groups (broad SMARTS) is 1. The van der Waals surface area contributed by atoms with Gasteiger partial charge in [-0.05, 0) is 65.0 Å². The number of hydrogen-bond acceptors (Lipinski definition) is 6. The molecule has 1 amide bonds. The Morgan fingerprint density at radius 1 is 1.17 bits per heavy atom. The number of amides is 1. The van der Waals surface area contributed by atoms with Crippen LogP contribution < -0.4 is 20.4 Å². The third-order valence-corrected chi connectivity index (χ3v) is 5.14. The van der Waals surface area contributed by atoms with Crippen molar-refractivity contribution in [3.05, 3.63) is 64.5 Å². The minimum atomic E-state index is -1.05. The molecular weight excluding hydrogens is 398 g/mol. The van der Waals surface area contributed by atoms with Crippen molar-refractivity contribution in [3.8, 4) is 11.4 Å². The van der Waals surface area contributed by atoms with Gasteiger partial charge >= 0.3 is 16.6 Å². The molecule has 150 valence electrons. The predicted molar refractivity (Wildman–Crippen MR) is 105 cm³/mol. The van der Waals surface area contributed by atoms with Gasteiger partial charge in [0.25, 0.3) is 0 Å². The maximum Gasteiger partial charge on any atom is 0.442 e. The predicted octanol–water partition coefficient (Wildman–Crippen LogP) is 2.07. The molecule has 0 saturated heterocycles. The maximum absolute atomic E-state index is 12.5. The van der Waals surface area contributed by atoms with Gasteiger partial charge in [0.1, 0.15) is 5.75 Å². The number of benzene rings is 2. The van der Waals surface area contributed by atoms with Crippen molar-refractivity contribution in [2.24, 2.45) is 0 Å². The topological polar surface area (TPSA) is 126 Å². The van der Waals surface area contributed by atoms with Crippen LogP contribution in [0, 0.1) is 0 Å². The van der Waals surface area contributed by atoms with Crippen LogP contribution in [0.4, 0.5) is 5.69 Å².